The molecule has 0 unspecified atom stereocenters. The molecule has 3 aromatic carbocycles. The second-order valence-corrected chi connectivity index (χ2v) is 8.33. The summed E-state index contributed by atoms with van der Waals surface area (Å²) < 4.78 is 21.2. The Bertz CT molecular complexity index is 1460. The second-order valence-electron chi connectivity index (χ2n) is 8.33. The number of hydrazone groups is 1. The van der Waals surface area contributed by atoms with Crippen molar-refractivity contribution < 1.29 is 38.3 Å². The molecule has 0 bridgehead atoms. The molecule has 2 amide bonds. The summed E-state index contributed by atoms with van der Waals surface area (Å²) in [5, 5.41) is 17.4. The van der Waals surface area contributed by atoms with Gasteiger partial charge in [-0.15, -0.1) is 0 Å². The summed E-state index contributed by atoms with van der Waals surface area (Å²) in [6, 6.07) is 14.7. The zero-order valence-corrected chi connectivity index (χ0v) is 22.5. The van der Waals surface area contributed by atoms with Gasteiger partial charge < -0.3 is 24.3 Å². The Kier molecular flexibility index (Phi) is 10.7. The van der Waals surface area contributed by atoms with Crippen LogP contribution in [0.4, 0.5) is 5.69 Å². The number of carbonyl (C=O) groups is 3. The first-order chi connectivity index (χ1) is 19.7. The molecule has 13 heteroatoms. The van der Waals surface area contributed by atoms with E-state index in [2.05, 4.69) is 15.8 Å². The summed E-state index contributed by atoms with van der Waals surface area (Å²) in [6.45, 7) is 0.194. The molecule has 13 nitrogen and oxygen atoms in total. The van der Waals surface area contributed by atoms with Gasteiger partial charge in [0.2, 0.25) is 5.91 Å². The molecule has 0 aliphatic heterocycles. The van der Waals surface area contributed by atoms with Crippen LogP contribution < -0.4 is 29.7 Å². The van der Waals surface area contributed by atoms with Crippen LogP contribution in [0, 0.1) is 10.1 Å². The van der Waals surface area contributed by atoms with Crippen LogP contribution in [-0.4, -0.2) is 56.8 Å². The van der Waals surface area contributed by atoms with Crippen LogP contribution in [0.3, 0.4) is 0 Å². The van der Waals surface area contributed by atoms with Crippen molar-refractivity contribution in [1.82, 2.24) is 10.7 Å². The van der Waals surface area contributed by atoms with E-state index in [1.54, 1.807) is 24.3 Å². The van der Waals surface area contributed by atoms with Gasteiger partial charge in [0.25, 0.3) is 11.6 Å². The van der Waals surface area contributed by atoms with Crippen LogP contribution in [0.1, 0.15) is 39.1 Å². The lowest BCUT2D eigenvalue weighted by Crippen LogP contribution is -2.26. The Labute approximate surface area is 235 Å². The summed E-state index contributed by atoms with van der Waals surface area (Å²) in [6.07, 6.45) is 1.81. The molecule has 0 heterocycles. The molecular weight excluding hydrogens is 536 g/mol. The molecule has 3 aromatic rings. The number of nitrogens with one attached hydrogen (secondary N) is 2. The average molecular weight is 565 g/mol. The molecule has 3 rings (SSSR count). The zero-order valence-electron chi connectivity index (χ0n) is 22.5. The fourth-order valence-electron chi connectivity index (χ4n) is 3.52. The van der Waals surface area contributed by atoms with Crippen LogP contribution in [0.2, 0.25) is 0 Å². The van der Waals surface area contributed by atoms with Crippen molar-refractivity contribution >= 4 is 29.7 Å². The number of benzene rings is 3. The minimum absolute atomic E-state index is 0.0842. The lowest BCUT2D eigenvalue weighted by Gasteiger charge is -2.11. The maximum absolute atomic E-state index is 12.6. The summed E-state index contributed by atoms with van der Waals surface area (Å²) in [5.74, 6) is -0.166. The van der Waals surface area contributed by atoms with E-state index in [1.165, 1.54) is 63.9 Å². The smallest absolute Gasteiger partial charge is 0.343 e. The molecule has 0 aromatic heterocycles. The first kappa shape index (κ1) is 30.1. The fourth-order valence-corrected chi connectivity index (χ4v) is 3.52. The minimum Gasteiger partial charge on any atom is -0.493 e. The van der Waals surface area contributed by atoms with E-state index in [1.807, 2.05) is 0 Å². The Morgan fingerprint density at radius 2 is 1.59 bits per heavy atom. The molecule has 0 aliphatic rings. The zero-order chi connectivity index (χ0) is 29.8. The Balaban J connectivity index is 1.48. The molecule has 0 radical (unpaired) electrons. The van der Waals surface area contributed by atoms with E-state index < -0.39 is 16.8 Å². The number of hydrogen-bond acceptors (Lipinski definition) is 10. The first-order valence-electron chi connectivity index (χ1n) is 12.2. The van der Waals surface area contributed by atoms with Gasteiger partial charge in [0.05, 0.1) is 38.0 Å². The second kappa shape index (κ2) is 14.6. The number of nitro groups is 1. The van der Waals surface area contributed by atoms with Crippen molar-refractivity contribution in [2.45, 2.75) is 12.8 Å². The highest BCUT2D eigenvalue weighted by molar-refractivity contribution is 5.95. The maximum atomic E-state index is 12.6. The quantitative estimate of drug-likeness (QED) is 0.0788. The number of rotatable bonds is 13. The number of non-ortho nitro benzene ring substituents is 1. The van der Waals surface area contributed by atoms with Crippen LogP contribution in [0.5, 0.6) is 23.0 Å². The van der Waals surface area contributed by atoms with Gasteiger partial charge in [0.1, 0.15) is 0 Å². The molecule has 0 aliphatic carbocycles. The number of amides is 2. The van der Waals surface area contributed by atoms with Gasteiger partial charge in [0, 0.05) is 30.7 Å². The molecule has 2 N–H and O–H groups in total. The third-order valence-corrected chi connectivity index (χ3v) is 5.60. The van der Waals surface area contributed by atoms with Crippen LogP contribution in [0.25, 0.3) is 0 Å². The van der Waals surface area contributed by atoms with E-state index in [-0.39, 0.29) is 47.2 Å². The Morgan fingerprint density at radius 1 is 0.878 bits per heavy atom. The number of esters is 1. The van der Waals surface area contributed by atoms with Crippen molar-refractivity contribution in [3.05, 3.63) is 87.5 Å². The summed E-state index contributed by atoms with van der Waals surface area (Å²) in [4.78, 5) is 47.1. The van der Waals surface area contributed by atoms with Gasteiger partial charge in [-0.05, 0) is 54.4 Å². The van der Waals surface area contributed by atoms with E-state index >= 15 is 0 Å². The largest absolute Gasteiger partial charge is 0.493 e. The lowest BCUT2D eigenvalue weighted by molar-refractivity contribution is -0.384. The predicted molar refractivity (Wildman–Crippen MR) is 148 cm³/mol. The van der Waals surface area contributed by atoms with Crippen molar-refractivity contribution in [2.24, 2.45) is 5.10 Å². The SMILES string of the molecule is COc1ccc(C(=O)Oc2ccc(/C=N/NC(=O)CCCNC(=O)c3cccc([N+](=O)[O-])c3)cc2OC)cc1OC. The van der Waals surface area contributed by atoms with Gasteiger partial charge in [-0.3, -0.25) is 19.7 Å². The topological polar surface area (TPSA) is 168 Å². The highest BCUT2D eigenvalue weighted by atomic mass is 16.6. The standard InChI is InChI=1S/C28H28N4O9/c1-38-22-12-10-20(16-25(22)40-3)28(35)41-23-11-9-18(14-24(23)39-2)17-30-31-26(33)8-5-13-29-27(34)19-6-4-7-21(15-19)32(36)37/h4,6-7,9-12,14-17H,5,8,13H2,1-3H3,(H,29,34)(H,31,33)/b30-17+. The van der Waals surface area contributed by atoms with Crippen molar-refractivity contribution in [1.29, 1.82) is 0 Å². The van der Waals surface area contributed by atoms with Gasteiger partial charge in [0.15, 0.2) is 23.0 Å². The van der Waals surface area contributed by atoms with E-state index in [0.29, 0.717) is 23.5 Å². The molecule has 0 saturated carbocycles. The lowest BCUT2D eigenvalue weighted by atomic mass is 10.2. The monoisotopic (exact) mass is 564 g/mol. The highest BCUT2D eigenvalue weighted by Crippen LogP contribution is 2.31. The normalized spacial score (nSPS) is 10.5. The number of hydrogen-bond donors (Lipinski definition) is 2. The number of methoxy groups -OCH3 is 3. The van der Waals surface area contributed by atoms with Crippen LogP contribution >= 0.6 is 0 Å². The van der Waals surface area contributed by atoms with E-state index in [9.17, 15) is 24.5 Å². The van der Waals surface area contributed by atoms with Crippen molar-refractivity contribution in [3.8, 4) is 23.0 Å². The summed E-state index contributed by atoms with van der Waals surface area (Å²) >= 11 is 0. The Hall–Kier alpha value is -5.46. The van der Waals surface area contributed by atoms with Crippen LogP contribution in [0.15, 0.2) is 65.8 Å². The average Bonchev–Trinajstić information content (AvgIpc) is 2.99. The molecule has 41 heavy (non-hydrogen) atoms. The van der Waals surface area contributed by atoms with Crippen LogP contribution in [-0.2, 0) is 4.79 Å². The molecule has 0 spiro atoms. The third kappa shape index (κ3) is 8.51. The van der Waals surface area contributed by atoms with Crippen molar-refractivity contribution in [2.75, 3.05) is 27.9 Å². The van der Waals surface area contributed by atoms with Crippen molar-refractivity contribution in [3.63, 3.8) is 0 Å². The van der Waals surface area contributed by atoms with Gasteiger partial charge in [-0.25, -0.2) is 10.2 Å². The van der Waals surface area contributed by atoms with Gasteiger partial charge in [-0.2, -0.15) is 5.10 Å². The van der Waals surface area contributed by atoms with E-state index in [4.69, 9.17) is 18.9 Å². The maximum Gasteiger partial charge on any atom is 0.343 e. The van der Waals surface area contributed by atoms with E-state index in [0.717, 1.165) is 0 Å². The summed E-state index contributed by atoms with van der Waals surface area (Å²) in [7, 11) is 4.37. The number of ether oxygens (including phenoxy) is 4. The number of carbonyl (C=O) groups excluding carboxylic acids is 3. The third-order valence-electron chi connectivity index (χ3n) is 5.60. The molecule has 214 valence electrons. The Morgan fingerprint density at radius 3 is 2.29 bits per heavy atom. The summed E-state index contributed by atoms with van der Waals surface area (Å²) in [5.41, 5.74) is 3.19. The van der Waals surface area contributed by atoms with Gasteiger partial charge in [-0.1, -0.05) is 6.07 Å². The highest BCUT2D eigenvalue weighted by Gasteiger charge is 2.16. The molecule has 0 saturated heterocycles. The number of nitro benzene ring substituents is 1. The molecule has 0 fully saturated rings. The molecule has 0 atom stereocenters. The van der Waals surface area contributed by atoms with Gasteiger partial charge >= 0.3 is 5.97 Å². The first-order valence-corrected chi connectivity index (χ1v) is 12.2. The minimum atomic E-state index is -0.626. The molecular formula is C28H28N4O9. The fraction of sp³-hybridized carbons (Fsp3) is 0.214. The predicted octanol–water partition coefficient (Wildman–Crippen LogP) is 3.50. The number of nitrogens with zero attached hydrogens (tertiary/aromatic N) is 2.